The molecule has 0 aliphatic heterocycles. The molecule has 2 rings (SSSR count). The summed E-state index contributed by atoms with van der Waals surface area (Å²) in [5.74, 6) is -0.422. The minimum absolute atomic E-state index is 0.192. The van der Waals surface area contributed by atoms with Gasteiger partial charge in [0.25, 0.3) is 5.91 Å². The summed E-state index contributed by atoms with van der Waals surface area (Å²) in [6, 6.07) is 5.00. The summed E-state index contributed by atoms with van der Waals surface area (Å²) in [6.45, 7) is 3.61. The van der Waals surface area contributed by atoms with Crippen LogP contribution in [0, 0.1) is 6.92 Å². The van der Waals surface area contributed by atoms with Crippen LogP contribution in [0.5, 0.6) is 5.75 Å². The van der Waals surface area contributed by atoms with E-state index in [0.717, 1.165) is 16.9 Å². The lowest BCUT2D eigenvalue weighted by Crippen LogP contribution is -2.19. The van der Waals surface area contributed by atoms with Gasteiger partial charge in [0.2, 0.25) is 0 Å². The lowest BCUT2D eigenvalue weighted by atomic mass is 10.3. The van der Waals surface area contributed by atoms with Crippen LogP contribution in [-0.2, 0) is 9.53 Å². The molecule has 0 atom stereocenters. The highest BCUT2D eigenvalue weighted by Gasteiger charge is 2.16. The van der Waals surface area contributed by atoms with Gasteiger partial charge in [0.1, 0.15) is 4.88 Å². The van der Waals surface area contributed by atoms with Crippen LogP contribution in [0.1, 0.15) is 22.2 Å². The van der Waals surface area contributed by atoms with Crippen molar-refractivity contribution in [2.24, 2.45) is 0 Å². The second-order valence-corrected chi connectivity index (χ2v) is 5.88. The third-order valence-corrected chi connectivity index (χ3v) is 4.14. The van der Waals surface area contributed by atoms with E-state index in [0.29, 0.717) is 22.2 Å². The van der Waals surface area contributed by atoms with Gasteiger partial charge < -0.3 is 14.8 Å². The molecule has 0 aliphatic carbocycles. The smallest absolute Gasteiger partial charge is 0.348 e. The number of carbonyl (C=O) groups is 2. The molecule has 1 amide bonds. The number of hydrogen-bond acceptors (Lipinski definition) is 6. The zero-order valence-corrected chi connectivity index (χ0v) is 14.2. The number of nitrogens with one attached hydrogen (secondary N) is 1. The Morgan fingerprint density at radius 3 is 2.91 bits per heavy atom. The van der Waals surface area contributed by atoms with Crippen molar-refractivity contribution < 1.29 is 19.1 Å². The first-order valence-electron chi connectivity index (χ1n) is 6.82. The van der Waals surface area contributed by atoms with E-state index in [1.807, 2.05) is 0 Å². The predicted molar refractivity (Wildman–Crippen MR) is 88.4 cm³/mol. The van der Waals surface area contributed by atoms with Gasteiger partial charge in [-0.05, 0) is 37.6 Å². The van der Waals surface area contributed by atoms with Crippen LogP contribution >= 0.6 is 22.9 Å². The van der Waals surface area contributed by atoms with Gasteiger partial charge in [-0.15, -0.1) is 11.3 Å². The van der Waals surface area contributed by atoms with E-state index in [4.69, 9.17) is 21.1 Å². The summed E-state index contributed by atoms with van der Waals surface area (Å²) in [7, 11) is 0. The first-order chi connectivity index (χ1) is 11.0. The van der Waals surface area contributed by atoms with E-state index < -0.39 is 5.97 Å². The maximum atomic E-state index is 11.9. The molecule has 0 bridgehead atoms. The van der Waals surface area contributed by atoms with Gasteiger partial charge in [-0.3, -0.25) is 4.79 Å². The Labute approximate surface area is 142 Å². The minimum atomic E-state index is -0.395. The first kappa shape index (κ1) is 17.2. The molecule has 6 nitrogen and oxygen atoms in total. The molecule has 0 saturated heterocycles. The molecule has 0 saturated carbocycles. The largest absolute Gasteiger partial charge is 0.481 e. The summed E-state index contributed by atoms with van der Waals surface area (Å²) in [4.78, 5) is 28.0. The fraction of sp³-hybridized carbons (Fsp3) is 0.267. The van der Waals surface area contributed by atoms with Crippen LogP contribution in [0.25, 0.3) is 0 Å². The number of thiophene rings is 1. The number of carbonyl (C=O) groups excluding carboxylic acids is 2. The van der Waals surface area contributed by atoms with Crippen molar-refractivity contribution in [2.45, 2.75) is 13.8 Å². The maximum Gasteiger partial charge on any atom is 0.348 e. The quantitative estimate of drug-likeness (QED) is 0.636. The number of nitrogens with zero attached hydrogens (tertiary/aromatic N) is 1. The van der Waals surface area contributed by atoms with Crippen LogP contribution in [0.3, 0.4) is 0 Å². The van der Waals surface area contributed by atoms with Crippen molar-refractivity contribution in [2.75, 3.05) is 18.5 Å². The molecule has 1 N–H and O–H groups in total. The Hall–Kier alpha value is -2.12. The van der Waals surface area contributed by atoms with E-state index >= 15 is 0 Å². The lowest BCUT2D eigenvalue weighted by molar-refractivity contribution is -0.118. The van der Waals surface area contributed by atoms with Crippen molar-refractivity contribution in [3.8, 4) is 5.75 Å². The third kappa shape index (κ3) is 4.67. The molecule has 8 heteroatoms. The second-order valence-electron chi connectivity index (χ2n) is 4.47. The Morgan fingerprint density at radius 2 is 2.22 bits per heavy atom. The molecule has 122 valence electrons. The molecule has 0 spiro atoms. The Balaban J connectivity index is 1.94. The van der Waals surface area contributed by atoms with Gasteiger partial charge in [0.05, 0.1) is 11.6 Å². The zero-order chi connectivity index (χ0) is 16.8. The number of pyridine rings is 1. The molecule has 2 aromatic heterocycles. The SMILES string of the molecule is CCOC(=O)c1sc(NC(=O)COc2cccnc2Cl)cc1C. The van der Waals surface area contributed by atoms with Crippen molar-refractivity contribution in [3.05, 3.63) is 40.0 Å². The molecular formula is C15H15ClN2O4S. The topological polar surface area (TPSA) is 77.5 Å². The van der Waals surface area contributed by atoms with Crippen molar-refractivity contribution in [1.29, 1.82) is 0 Å². The molecule has 2 aromatic rings. The van der Waals surface area contributed by atoms with Crippen LogP contribution in [0.4, 0.5) is 5.00 Å². The highest BCUT2D eigenvalue weighted by Crippen LogP contribution is 2.27. The van der Waals surface area contributed by atoms with E-state index in [9.17, 15) is 9.59 Å². The minimum Gasteiger partial charge on any atom is -0.481 e. The van der Waals surface area contributed by atoms with Gasteiger partial charge in [0, 0.05) is 6.20 Å². The number of hydrogen-bond donors (Lipinski definition) is 1. The number of rotatable bonds is 6. The number of ether oxygens (including phenoxy) is 2. The fourth-order valence-corrected chi connectivity index (χ4v) is 2.90. The van der Waals surface area contributed by atoms with Crippen molar-refractivity contribution in [1.82, 2.24) is 4.98 Å². The number of aryl methyl sites for hydroxylation is 1. The van der Waals surface area contributed by atoms with Gasteiger partial charge in [-0.2, -0.15) is 0 Å². The number of amides is 1. The number of aromatic nitrogens is 1. The van der Waals surface area contributed by atoms with Crippen LogP contribution in [0.2, 0.25) is 5.15 Å². The Morgan fingerprint density at radius 1 is 1.43 bits per heavy atom. The average molecular weight is 355 g/mol. The summed E-state index contributed by atoms with van der Waals surface area (Å²) in [6.07, 6.45) is 1.53. The van der Waals surface area contributed by atoms with Gasteiger partial charge >= 0.3 is 5.97 Å². The highest BCUT2D eigenvalue weighted by molar-refractivity contribution is 7.18. The van der Waals surface area contributed by atoms with Gasteiger partial charge in [-0.1, -0.05) is 11.6 Å². The summed E-state index contributed by atoms with van der Waals surface area (Å²) in [5.41, 5.74) is 0.750. The summed E-state index contributed by atoms with van der Waals surface area (Å²) >= 11 is 7.00. The van der Waals surface area contributed by atoms with Crippen molar-refractivity contribution >= 4 is 39.8 Å². The number of esters is 1. The van der Waals surface area contributed by atoms with Crippen LogP contribution < -0.4 is 10.1 Å². The molecule has 23 heavy (non-hydrogen) atoms. The van der Waals surface area contributed by atoms with Gasteiger partial charge in [0.15, 0.2) is 17.5 Å². The second kappa shape index (κ2) is 7.94. The molecular weight excluding hydrogens is 340 g/mol. The summed E-state index contributed by atoms with van der Waals surface area (Å²) in [5, 5.41) is 3.42. The van der Waals surface area contributed by atoms with E-state index in [1.54, 1.807) is 32.0 Å². The predicted octanol–water partition coefficient (Wildman–Crippen LogP) is 3.30. The normalized spacial score (nSPS) is 10.2. The van der Waals surface area contributed by atoms with Crippen LogP contribution in [0.15, 0.2) is 24.4 Å². The third-order valence-electron chi connectivity index (χ3n) is 2.72. The standard InChI is InChI=1S/C15H15ClN2O4S/c1-3-21-15(20)13-9(2)7-12(23-13)18-11(19)8-22-10-5-4-6-17-14(10)16/h4-7H,3,8H2,1-2H3,(H,18,19). The maximum absolute atomic E-state index is 11.9. The van der Waals surface area contributed by atoms with E-state index in [2.05, 4.69) is 10.3 Å². The first-order valence-corrected chi connectivity index (χ1v) is 8.01. The molecule has 0 unspecified atom stereocenters. The zero-order valence-electron chi connectivity index (χ0n) is 12.6. The van der Waals surface area contributed by atoms with E-state index in [-0.39, 0.29) is 17.7 Å². The molecule has 0 radical (unpaired) electrons. The Kier molecular flexibility index (Phi) is 5.95. The molecule has 0 fully saturated rings. The van der Waals surface area contributed by atoms with Crippen molar-refractivity contribution in [3.63, 3.8) is 0 Å². The van der Waals surface area contributed by atoms with Gasteiger partial charge in [-0.25, -0.2) is 9.78 Å². The number of halogens is 1. The number of anilines is 1. The summed E-state index contributed by atoms with van der Waals surface area (Å²) < 4.78 is 10.3. The molecule has 0 aliphatic rings. The van der Waals surface area contributed by atoms with E-state index in [1.165, 1.54) is 6.20 Å². The highest BCUT2D eigenvalue weighted by atomic mass is 35.5. The Bertz CT molecular complexity index is 717. The fourth-order valence-electron chi connectivity index (χ4n) is 1.74. The average Bonchev–Trinajstić information content (AvgIpc) is 2.87. The lowest BCUT2D eigenvalue weighted by Gasteiger charge is -2.06. The molecule has 2 heterocycles. The van der Waals surface area contributed by atoms with Crippen LogP contribution in [-0.4, -0.2) is 30.1 Å². The molecule has 0 aromatic carbocycles. The monoisotopic (exact) mass is 354 g/mol.